The Bertz CT molecular complexity index is 1220. The van der Waals surface area contributed by atoms with Crippen LogP contribution in [0.5, 0.6) is 0 Å². The van der Waals surface area contributed by atoms with Crippen molar-refractivity contribution in [2.24, 2.45) is 0 Å². The summed E-state index contributed by atoms with van der Waals surface area (Å²) in [7, 11) is 0. The minimum atomic E-state index is -0.801. The molecule has 6 nitrogen and oxygen atoms in total. The molecule has 0 bridgehead atoms. The lowest BCUT2D eigenvalue weighted by Crippen LogP contribution is -2.30. The van der Waals surface area contributed by atoms with Gasteiger partial charge in [-0.1, -0.05) is 189 Å². The highest BCUT2D eigenvalue weighted by Gasteiger charge is 2.19. The molecule has 0 aromatic carbocycles. The van der Waals surface area contributed by atoms with Crippen molar-refractivity contribution in [2.45, 2.75) is 239 Å². The maximum atomic E-state index is 12.8. The van der Waals surface area contributed by atoms with Gasteiger partial charge in [-0.15, -0.1) is 0 Å². The second-order valence-corrected chi connectivity index (χ2v) is 16.7. The number of rotatable bonds is 45. The number of esters is 3. The molecule has 0 saturated carbocycles. The molecule has 0 N–H and O–H groups in total. The van der Waals surface area contributed by atoms with Gasteiger partial charge >= 0.3 is 17.9 Å². The summed E-state index contributed by atoms with van der Waals surface area (Å²) >= 11 is 0. The predicted molar refractivity (Wildman–Crippen MR) is 265 cm³/mol. The van der Waals surface area contributed by atoms with Gasteiger partial charge in [-0.25, -0.2) is 0 Å². The van der Waals surface area contributed by atoms with Gasteiger partial charge in [-0.05, 0) is 109 Å². The molecule has 0 amide bonds. The number of hydrogen-bond donors (Lipinski definition) is 0. The Morgan fingerprint density at radius 1 is 0.339 bits per heavy atom. The molecule has 1 atom stereocenters. The fourth-order valence-corrected chi connectivity index (χ4v) is 6.82. The molecule has 0 radical (unpaired) electrons. The first-order chi connectivity index (χ1) is 30.5. The number of carbonyl (C=O) groups is 3. The SMILES string of the molecule is CC/C=C\C/C=C\C/C=C\CCCCCCCCCCCC(=O)OCC(COC(=O)CCCC/C=C\C/C=C\C/C=C\CC)OC(=O)CCCCC/C=C\CCCCCCCC. The van der Waals surface area contributed by atoms with E-state index >= 15 is 0 Å². The molecule has 0 rings (SSSR count). The van der Waals surface area contributed by atoms with Crippen molar-refractivity contribution in [1.82, 2.24) is 0 Å². The molecule has 0 aliphatic carbocycles. The monoisotopic (exact) mass is 863 g/mol. The maximum Gasteiger partial charge on any atom is 0.306 e. The van der Waals surface area contributed by atoms with Gasteiger partial charge in [0.05, 0.1) is 0 Å². The van der Waals surface area contributed by atoms with E-state index < -0.39 is 6.10 Å². The summed E-state index contributed by atoms with van der Waals surface area (Å²) in [6, 6.07) is 0. The highest BCUT2D eigenvalue weighted by atomic mass is 16.6. The molecule has 0 saturated heterocycles. The Balaban J connectivity index is 4.41. The molecule has 6 heteroatoms. The van der Waals surface area contributed by atoms with E-state index in [9.17, 15) is 14.4 Å². The molecule has 62 heavy (non-hydrogen) atoms. The summed E-state index contributed by atoms with van der Waals surface area (Å²) in [6.45, 7) is 6.35. The molecule has 0 aliphatic heterocycles. The Labute approximate surface area is 382 Å². The predicted octanol–water partition coefficient (Wildman–Crippen LogP) is 16.8. The Morgan fingerprint density at radius 3 is 1.05 bits per heavy atom. The highest BCUT2D eigenvalue weighted by molar-refractivity contribution is 5.71. The van der Waals surface area contributed by atoms with Crippen LogP contribution < -0.4 is 0 Å². The molecule has 1 unspecified atom stereocenters. The van der Waals surface area contributed by atoms with Gasteiger partial charge in [0.15, 0.2) is 6.10 Å². The van der Waals surface area contributed by atoms with Gasteiger partial charge in [0.25, 0.3) is 0 Å². The molecule has 0 spiro atoms. The van der Waals surface area contributed by atoms with Gasteiger partial charge in [-0.3, -0.25) is 14.4 Å². The fourth-order valence-electron chi connectivity index (χ4n) is 6.82. The van der Waals surface area contributed by atoms with E-state index in [1.165, 1.54) is 83.5 Å². The van der Waals surface area contributed by atoms with Crippen molar-refractivity contribution in [2.75, 3.05) is 13.2 Å². The zero-order valence-corrected chi connectivity index (χ0v) is 40.4. The van der Waals surface area contributed by atoms with Crippen molar-refractivity contribution in [3.63, 3.8) is 0 Å². The third kappa shape index (κ3) is 47.6. The lowest BCUT2D eigenvalue weighted by molar-refractivity contribution is -0.167. The molecule has 0 heterocycles. The first-order valence-electron chi connectivity index (χ1n) is 25.6. The van der Waals surface area contributed by atoms with Crippen molar-refractivity contribution >= 4 is 17.9 Å². The summed E-state index contributed by atoms with van der Waals surface area (Å²) in [5.41, 5.74) is 0. The molecule has 0 fully saturated rings. The molecule has 0 aromatic heterocycles. The standard InChI is InChI=1S/C56H94O6/c1-4-7-10-13-16-19-22-25-26-27-28-29-30-32-34-37-40-43-46-49-55(58)61-52-53(51-60-54(57)48-45-42-39-36-33-24-21-18-15-12-9-6-3)62-56(59)50-47-44-41-38-35-31-23-20-17-14-11-8-5-2/h7,9-10,12,16,18-19,21,25-26,31,33,35-36,53H,4-6,8,11,13-15,17,20,22-24,27-30,32,34,37-52H2,1-3H3/b10-7-,12-9-,19-16-,21-18-,26-25-,35-31-,36-33-. The summed E-state index contributed by atoms with van der Waals surface area (Å²) in [6.07, 6.45) is 64.3. The summed E-state index contributed by atoms with van der Waals surface area (Å²) < 4.78 is 16.7. The number of ether oxygens (including phenoxy) is 3. The Kier molecular flexibility index (Phi) is 47.5. The average molecular weight is 863 g/mol. The zero-order chi connectivity index (χ0) is 45.1. The second kappa shape index (κ2) is 50.2. The summed E-state index contributed by atoms with van der Waals surface area (Å²) in [5, 5.41) is 0. The van der Waals surface area contributed by atoms with Crippen LogP contribution in [0.15, 0.2) is 85.1 Å². The van der Waals surface area contributed by atoms with E-state index in [1.807, 2.05) is 0 Å². The van der Waals surface area contributed by atoms with Crippen LogP contribution in [-0.2, 0) is 28.6 Å². The van der Waals surface area contributed by atoms with Gasteiger partial charge in [0, 0.05) is 19.3 Å². The third-order valence-corrected chi connectivity index (χ3v) is 10.6. The van der Waals surface area contributed by atoms with E-state index in [4.69, 9.17) is 14.2 Å². The molecular formula is C56H94O6. The van der Waals surface area contributed by atoms with E-state index in [1.54, 1.807) is 0 Å². The van der Waals surface area contributed by atoms with Crippen molar-refractivity contribution in [1.29, 1.82) is 0 Å². The normalized spacial score (nSPS) is 12.8. The van der Waals surface area contributed by atoms with Gasteiger partial charge in [0.1, 0.15) is 13.2 Å². The quantitative estimate of drug-likeness (QED) is 0.0263. The minimum absolute atomic E-state index is 0.0981. The zero-order valence-electron chi connectivity index (χ0n) is 40.4. The lowest BCUT2D eigenvalue weighted by Gasteiger charge is -2.18. The van der Waals surface area contributed by atoms with E-state index in [0.29, 0.717) is 19.3 Å². The van der Waals surface area contributed by atoms with Crippen LogP contribution in [0.3, 0.4) is 0 Å². The van der Waals surface area contributed by atoms with Gasteiger partial charge in [0.2, 0.25) is 0 Å². The van der Waals surface area contributed by atoms with Crippen LogP contribution in [0.4, 0.5) is 0 Å². The molecular weight excluding hydrogens is 769 g/mol. The molecule has 0 aromatic rings. The van der Waals surface area contributed by atoms with Crippen LogP contribution in [0.2, 0.25) is 0 Å². The third-order valence-electron chi connectivity index (χ3n) is 10.6. The first kappa shape index (κ1) is 58.6. The van der Waals surface area contributed by atoms with Gasteiger partial charge < -0.3 is 14.2 Å². The number of carbonyl (C=O) groups excluding carboxylic acids is 3. The average Bonchev–Trinajstić information content (AvgIpc) is 3.27. The minimum Gasteiger partial charge on any atom is -0.462 e. The van der Waals surface area contributed by atoms with E-state index in [2.05, 4.69) is 106 Å². The number of allylic oxidation sites excluding steroid dienone is 14. The highest BCUT2D eigenvalue weighted by Crippen LogP contribution is 2.14. The number of unbranched alkanes of at least 4 members (excludes halogenated alkanes) is 20. The first-order valence-corrected chi connectivity index (χ1v) is 25.6. The summed E-state index contributed by atoms with van der Waals surface area (Å²) in [5.74, 6) is -0.962. The largest absolute Gasteiger partial charge is 0.462 e. The molecule has 0 aliphatic rings. The topological polar surface area (TPSA) is 78.9 Å². The lowest BCUT2D eigenvalue weighted by atomic mass is 10.1. The van der Waals surface area contributed by atoms with Crippen LogP contribution >= 0.6 is 0 Å². The van der Waals surface area contributed by atoms with Crippen LogP contribution in [0.25, 0.3) is 0 Å². The van der Waals surface area contributed by atoms with Gasteiger partial charge in [-0.2, -0.15) is 0 Å². The van der Waals surface area contributed by atoms with Crippen LogP contribution in [0.1, 0.15) is 233 Å². The van der Waals surface area contributed by atoms with Crippen LogP contribution in [0, 0.1) is 0 Å². The maximum absolute atomic E-state index is 12.8. The van der Waals surface area contributed by atoms with Crippen molar-refractivity contribution in [3.05, 3.63) is 85.1 Å². The van der Waals surface area contributed by atoms with E-state index in [0.717, 1.165) is 109 Å². The van der Waals surface area contributed by atoms with Crippen molar-refractivity contribution < 1.29 is 28.6 Å². The van der Waals surface area contributed by atoms with E-state index in [-0.39, 0.29) is 31.1 Å². The van der Waals surface area contributed by atoms with Crippen LogP contribution in [-0.4, -0.2) is 37.2 Å². The number of hydrogen-bond acceptors (Lipinski definition) is 6. The summed E-state index contributed by atoms with van der Waals surface area (Å²) in [4.78, 5) is 37.9. The Hall–Kier alpha value is -3.41. The van der Waals surface area contributed by atoms with Crippen molar-refractivity contribution in [3.8, 4) is 0 Å². The fraction of sp³-hybridized carbons (Fsp3) is 0.696. The smallest absolute Gasteiger partial charge is 0.306 e. The Morgan fingerprint density at radius 2 is 0.629 bits per heavy atom. The molecule has 354 valence electrons. The second-order valence-electron chi connectivity index (χ2n) is 16.7.